The maximum atomic E-state index is 13.2. The highest BCUT2D eigenvalue weighted by Gasteiger charge is 2.45. The number of hydrogen-bond acceptors (Lipinski definition) is 6. The fraction of sp³-hybridized carbons (Fsp3) is 0.423. The van der Waals surface area contributed by atoms with Crippen LogP contribution in [0.3, 0.4) is 0 Å². The molecule has 4 rings (SSSR count). The van der Waals surface area contributed by atoms with Crippen LogP contribution < -0.4 is 10.3 Å². The third kappa shape index (κ3) is 5.65. The Hall–Kier alpha value is -3.76. The third-order valence-electron chi connectivity index (χ3n) is 6.59. The smallest absolute Gasteiger partial charge is 0.416 e. The molecule has 11 heteroatoms. The van der Waals surface area contributed by atoms with Crippen molar-refractivity contribution < 1.29 is 32.6 Å². The van der Waals surface area contributed by atoms with Crippen molar-refractivity contribution in [2.24, 2.45) is 23.7 Å². The Balaban J connectivity index is 1.55. The summed E-state index contributed by atoms with van der Waals surface area (Å²) in [5.41, 5.74) is -1.43. The number of ether oxygens (including phenoxy) is 1. The summed E-state index contributed by atoms with van der Waals surface area (Å²) in [6, 6.07) is 9.13. The quantitative estimate of drug-likeness (QED) is 0.439. The molecule has 0 unspecified atom stereocenters. The van der Waals surface area contributed by atoms with E-state index in [1.165, 1.54) is 0 Å². The highest BCUT2D eigenvalue weighted by Crippen LogP contribution is 2.40. The Labute approximate surface area is 210 Å². The van der Waals surface area contributed by atoms with Crippen LogP contribution >= 0.6 is 0 Å². The molecule has 2 aromatic carbocycles. The standard InChI is InChI=1S/C26H26F3N3O5/c1-14(2)13-37-18-7-3-15(4-8-18)23(33)19-9-5-16(22(19)25(35)36)12-32-24(34)20-11-17(26(27,28)29)6-10-21(20)30-31-32/h3-4,6-8,10-11,14,16,19,22H,5,9,12-13H2,1-2H3,(H,35,36)/t16-,19-,22-/m0/s1. The summed E-state index contributed by atoms with van der Waals surface area (Å²) in [5.74, 6) is -3.10. The minimum Gasteiger partial charge on any atom is -0.493 e. The lowest BCUT2D eigenvalue weighted by Crippen LogP contribution is -2.34. The van der Waals surface area contributed by atoms with Gasteiger partial charge in [-0.25, -0.2) is 4.68 Å². The molecule has 37 heavy (non-hydrogen) atoms. The number of ketones is 1. The minimum absolute atomic E-state index is 0.00401. The average molecular weight is 518 g/mol. The molecule has 1 aliphatic carbocycles. The van der Waals surface area contributed by atoms with Crippen LogP contribution in [0.4, 0.5) is 13.2 Å². The molecule has 1 fully saturated rings. The van der Waals surface area contributed by atoms with Crippen LogP contribution in [0.1, 0.15) is 42.6 Å². The van der Waals surface area contributed by atoms with Gasteiger partial charge in [-0.1, -0.05) is 19.1 Å². The van der Waals surface area contributed by atoms with Crippen molar-refractivity contribution in [3.8, 4) is 5.75 Å². The molecule has 8 nitrogen and oxygen atoms in total. The minimum atomic E-state index is -4.64. The van der Waals surface area contributed by atoms with Gasteiger partial charge in [0, 0.05) is 11.5 Å². The van der Waals surface area contributed by atoms with E-state index >= 15 is 0 Å². The number of alkyl halides is 3. The Bertz CT molecular complexity index is 1370. The van der Waals surface area contributed by atoms with Gasteiger partial charge in [-0.2, -0.15) is 13.2 Å². The molecule has 3 aromatic rings. The molecule has 0 bridgehead atoms. The van der Waals surface area contributed by atoms with E-state index in [4.69, 9.17) is 4.74 Å². The van der Waals surface area contributed by atoms with Crippen LogP contribution in [0.25, 0.3) is 10.9 Å². The first-order valence-electron chi connectivity index (χ1n) is 11.9. The fourth-order valence-corrected chi connectivity index (χ4v) is 4.74. The second kappa shape index (κ2) is 10.3. The molecule has 0 radical (unpaired) electrons. The van der Waals surface area contributed by atoms with E-state index < -0.39 is 41.0 Å². The van der Waals surface area contributed by atoms with Crippen LogP contribution in [-0.4, -0.2) is 38.5 Å². The van der Waals surface area contributed by atoms with Gasteiger partial charge in [0.1, 0.15) is 11.3 Å². The molecule has 196 valence electrons. The molecule has 0 saturated heterocycles. The lowest BCUT2D eigenvalue weighted by Gasteiger charge is -2.20. The Morgan fingerprint density at radius 3 is 2.46 bits per heavy atom. The summed E-state index contributed by atoms with van der Waals surface area (Å²) in [7, 11) is 0. The maximum Gasteiger partial charge on any atom is 0.416 e. The molecule has 1 saturated carbocycles. The van der Waals surface area contributed by atoms with Crippen molar-refractivity contribution in [2.75, 3.05) is 6.61 Å². The second-order valence-corrected chi connectivity index (χ2v) is 9.71. The van der Waals surface area contributed by atoms with E-state index in [0.717, 1.165) is 16.8 Å². The zero-order valence-electron chi connectivity index (χ0n) is 20.2. The van der Waals surface area contributed by atoms with Gasteiger partial charge in [-0.15, -0.1) is 5.10 Å². The number of rotatable bonds is 8. The number of halogens is 3. The average Bonchev–Trinajstić information content (AvgIpc) is 3.27. The predicted octanol–water partition coefficient (Wildman–Crippen LogP) is 4.46. The Kier molecular flexibility index (Phi) is 7.33. The monoisotopic (exact) mass is 517 g/mol. The van der Waals surface area contributed by atoms with E-state index in [1.54, 1.807) is 24.3 Å². The number of aromatic nitrogens is 3. The van der Waals surface area contributed by atoms with Crippen LogP contribution in [0.15, 0.2) is 47.3 Å². The number of nitrogens with zero attached hydrogens (tertiary/aromatic N) is 3. The molecular weight excluding hydrogens is 491 g/mol. The van der Waals surface area contributed by atoms with Gasteiger partial charge in [-0.05, 0) is 67.1 Å². The van der Waals surface area contributed by atoms with Crippen LogP contribution in [0, 0.1) is 23.7 Å². The topological polar surface area (TPSA) is 111 Å². The highest BCUT2D eigenvalue weighted by molar-refractivity contribution is 6.00. The van der Waals surface area contributed by atoms with Crippen LogP contribution in [0.2, 0.25) is 0 Å². The van der Waals surface area contributed by atoms with E-state index in [-0.39, 0.29) is 23.2 Å². The first-order valence-corrected chi connectivity index (χ1v) is 11.9. The first-order chi connectivity index (χ1) is 17.5. The lowest BCUT2D eigenvalue weighted by atomic mass is 9.84. The van der Waals surface area contributed by atoms with Gasteiger partial charge in [0.15, 0.2) is 5.78 Å². The van der Waals surface area contributed by atoms with Gasteiger partial charge >= 0.3 is 12.1 Å². The molecule has 1 aliphatic rings. The number of aliphatic carboxylic acids is 1. The SMILES string of the molecule is CC(C)COc1ccc(C(=O)[C@H]2CC[C@@H](Cn3nnc4ccc(C(F)(F)F)cc4c3=O)[C@@H]2C(=O)O)cc1. The second-order valence-electron chi connectivity index (χ2n) is 9.71. The number of hydrogen-bond donors (Lipinski definition) is 1. The summed E-state index contributed by atoms with van der Waals surface area (Å²) in [6.07, 6.45) is -4.02. The first kappa shape index (κ1) is 26.3. The highest BCUT2D eigenvalue weighted by atomic mass is 19.4. The normalized spacial score (nSPS) is 19.9. The van der Waals surface area contributed by atoms with E-state index in [1.807, 2.05) is 13.8 Å². The van der Waals surface area contributed by atoms with Crippen molar-refractivity contribution in [3.05, 3.63) is 63.9 Å². The van der Waals surface area contributed by atoms with Crippen molar-refractivity contribution in [3.63, 3.8) is 0 Å². The van der Waals surface area contributed by atoms with E-state index in [0.29, 0.717) is 42.7 Å². The summed E-state index contributed by atoms with van der Waals surface area (Å²) in [5, 5.41) is 17.3. The molecule has 0 amide bonds. The number of carboxylic acid groups (broad SMARTS) is 1. The molecule has 1 N–H and O–H groups in total. The molecular formula is C26H26F3N3O5. The zero-order chi connectivity index (χ0) is 26.9. The number of benzene rings is 2. The van der Waals surface area contributed by atoms with Crippen molar-refractivity contribution in [1.29, 1.82) is 0 Å². The van der Waals surface area contributed by atoms with Gasteiger partial charge < -0.3 is 9.84 Å². The number of carboxylic acids is 1. The Morgan fingerprint density at radius 1 is 1.14 bits per heavy atom. The zero-order valence-corrected chi connectivity index (χ0v) is 20.2. The van der Waals surface area contributed by atoms with Gasteiger partial charge in [0.25, 0.3) is 5.56 Å². The fourth-order valence-electron chi connectivity index (χ4n) is 4.74. The molecule has 0 spiro atoms. The van der Waals surface area contributed by atoms with Crippen LogP contribution in [0.5, 0.6) is 5.75 Å². The van der Waals surface area contributed by atoms with Crippen molar-refractivity contribution in [2.45, 2.75) is 39.4 Å². The predicted molar refractivity (Wildman–Crippen MR) is 127 cm³/mol. The summed E-state index contributed by atoms with van der Waals surface area (Å²) in [4.78, 5) is 38.3. The molecule has 1 aromatic heterocycles. The van der Waals surface area contributed by atoms with E-state index in [2.05, 4.69) is 10.3 Å². The number of carbonyl (C=O) groups is 2. The molecule has 1 heterocycles. The molecule has 0 aliphatic heterocycles. The maximum absolute atomic E-state index is 13.2. The van der Waals surface area contributed by atoms with Gasteiger partial charge in [-0.3, -0.25) is 14.4 Å². The number of fused-ring (bicyclic) bond motifs is 1. The molecule has 3 atom stereocenters. The third-order valence-corrected chi connectivity index (χ3v) is 6.59. The summed E-state index contributed by atoms with van der Waals surface area (Å²) in [6.45, 7) is 4.36. The largest absolute Gasteiger partial charge is 0.493 e. The van der Waals surface area contributed by atoms with Gasteiger partial charge in [0.05, 0.1) is 30.0 Å². The van der Waals surface area contributed by atoms with E-state index in [9.17, 15) is 32.7 Å². The summed E-state index contributed by atoms with van der Waals surface area (Å²) < 4.78 is 45.9. The number of carbonyl (C=O) groups excluding carboxylic acids is 1. The van der Waals surface area contributed by atoms with Crippen molar-refractivity contribution >= 4 is 22.7 Å². The van der Waals surface area contributed by atoms with Crippen molar-refractivity contribution in [1.82, 2.24) is 15.0 Å². The summed E-state index contributed by atoms with van der Waals surface area (Å²) >= 11 is 0. The Morgan fingerprint density at radius 2 is 1.84 bits per heavy atom. The van der Waals surface area contributed by atoms with Gasteiger partial charge in [0.2, 0.25) is 0 Å². The number of Topliss-reactive ketones (excluding diaryl/α,β-unsaturated/α-hetero) is 1. The lowest BCUT2D eigenvalue weighted by molar-refractivity contribution is -0.144. The van der Waals surface area contributed by atoms with Crippen LogP contribution in [-0.2, 0) is 17.5 Å².